The largest absolute Gasteiger partial charge is 0.481 e. The molecular weight excluding hydrogens is 260 g/mol. The molecule has 1 unspecified atom stereocenters. The number of carbonyl (C=O) groups is 3. The summed E-state index contributed by atoms with van der Waals surface area (Å²) >= 11 is 0. The van der Waals surface area contributed by atoms with Gasteiger partial charge in [-0.25, -0.2) is 0 Å². The van der Waals surface area contributed by atoms with Crippen LogP contribution in [0.3, 0.4) is 0 Å². The van der Waals surface area contributed by atoms with Crippen molar-refractivity contribution in [1.29, 1.82) is 0 Å². The fraction of sp³-hybridized carbons (Fsp3) is 0.357. The van der Waals surface area contributed by atoms with Crippen molar-refractivity contribution in [3.63, 3.8) is 0 Å². The molecule has 6 nitrogen and oxygen atoms in total. The maximum absolute atomic E-state index is 11.6. The third kappa shape index (κ3) is 5.09. The number of hydrogen-bond donors (Lipinski definition) is 3. The Morgan fingerprint density at radius 1 is 1.15 bits per heavy atom. The number of rotatable bonds is 6. The number of nitrogens with one attached hydrogen (secondary N) is 2. The average molecular weight is 278 g/mol. The van der Waals surface area contributed by atoms with E-state index >= 15 is 0 Å². The van der Waals surface area contributed by atoms with Crippen LogP contribution in [-0.2, 0) is 9.59 Å². The molecular formula is C14H18N2O4. The lowest BCUT2D eigenvalue weighted by molar-refractivity contribution is -0.142. The summed E-state index contributed by atoms with van der Waals surface area (Å²) in [4.78, 5) is 33.9. The first kappa shape index (κ1) is 15.7. The molecule has 0 bridgehead atoms. The Bertz CT molecular complexity index is 473. The molecule has 0 aliphatic heterocycles. The zero-order valence-electron chi connectivity index (χ0n) is 11.3. The topological polar surface area (TPSA) is 95.5 Å². The monoisotopic (exact) mass is 278 g/mol. The van der Waals surface area contributed by atoms with Gasteiger partial charge in [0.1, 0.15) is 0 Å². The van der Waals surface area contributed by atoms with Crippen LogP contribution in [0.15, 0.2) is 30.3 Å². The second-order valence-corrected chi connectivity index (χ2v) is 4.35. The van der Waals surface area contributed by atoms with Gasteiger partial charge in [0.2, 0.25) is 5.91 Å². The van der Waals surface area contributed by atoms with Crippen molar-refractivity contribution in [3.8, 4) is 0 Å². The summed E-state index contributed by atoms with van der Waals surface area (Å²) in [5, 5.41) is 8.85. The van der Waals surface area contributed by atoms with E-state index in [1.807, 2.05) is 0 Å². The molecule has 0 aliphatic rings. The van der Waals surface area contributed by atoms with Gasteiger partial charge >= 0.3 is 5.97 Å². The quantitative estimate of drug-likeness (QED) is 0.684. The van der Waals surface area contributed by atoms with E-state index in [4.69, 9.17) is 5.11 Å². The molecule has 0 aromatic heterocycles. The third-order valence-corrected chi connectivity index (χ3v) is 2.91. The first-order valence-corrected chi connectivity index (χ1v) is 6.41. The lowest BCUT2D eigenvalue weighted by Gasteiger charge is -2.10. The molecule has 1 atom stereocenters. The van der Waals surface area contributed by atoms with Crippen molar-refractivity contribution >= 4 is 17.8 Å². The van der Waals surface area contributed by atoms with Gasteiger partial charge in [-0.05, 0) is 25.0 Å². The third-order valence-electron chi connectivity index (χ3n) is 2.91. The number of amides is 2. The van der Waals surface area contributed by atoms with E-state index in [9.17, 15) is 14.4 Å². The summed E-state index contributed by atoms with van der Waals surface area (Å²) in [5.41, 5.74) is 4.99. The predicted octanol–water partition coefficient (Wildman–Crippen LogP) is 1.34. The van der Waals surface area contributed by atoms with E-state index in [1.54, 1.807) is 37.3 Å². The molecule has 0 saturated carbocycles. The molecule has 6 heteroatoms. The Labute approximate surface area is 117 Å². The van der Waals surface area contributed by atoms with E-state index in [0.717, 1.165) is 0 Å². The number of carbonyl (C=O) groups excluding carboxylic acids is 2. The van der Waals surface area contributed by atoms with E-state index < -0.39 is 23.7 Å². The molecule has 3 N–H and O–H groups in total. The van der Waals surface area contributed by atoms with Crippen LogP contribution in [-0.4, -0.2) is 22.9 Å². The van der Waals surface area contributed by atoms with Crippen LogP contribution in [0.4, 0.5) is 0 Å². The van der Waals surface area contributed by atoms with Crippen molar-refractivity contribution in [2.45, 2.75) is 26.2 Å². The first-order chi connectivity index (χ1) is 9.54. The minimum absolute atomic E-state index is 0.0554. The average Bonchev–Trinajstić information content (AvgIpc) is 2.46. The van der Waals surface area contributed by atoms with Crippen LogP contribution < -0.4 is 10.9 Å². The number of aliphatic carboxylic acids is 1. The summed E-state index contributed by atoms with van der Waals surface area (Å²) in [6.45, 7) is 1.76. The van der Waals surface area contributed by atoms with Crippen molar-refractivity contribution in [1.82, 2.24) is 10.9 Å². The highest BCUT2D eigenvalue weighted by atomic mass is 16.4. The van der Waals surface area contributed by atoms with Crippen LogP contribution in [0.2, 0.25) is 0 Å². The number of carboxylic acid groups (broad SMARTS) is 1. The molecule has 0 spiro atoms. The van der Waals surface area contributed by atoms with Gasteiger partial charge in [-0.3, -0.25) is 25.2 Å². The molecule has 1 aromatic carbocycles. The standard InChI is InChI=1S/C14H18N2O4/c1-2-10(14(19)20)8-9-12(17)15-16-13(18)11-6-4-3-5-7-11/h3-7,10H,2,8-9H2,1H3,(H,15,17)(H,16,18)(H,19,20). The summed E-state index contributed by atoms with van der Waals surface area (Å²) in [6.07, 6.45) is 0.776. The fourth-order valence-corrected chi connectivity index (χ4v) is 1.66. The second-order valence-electron chi connectivity index (χ2n) is 4.35. The van der Waals surface area contributed by atoms with E-state index in [-0.39, 0.29) is 12.8 Å². The van der Waals surface area contributed by atoms with Gasteiger partial charge in [0.15, 0.2) is 0 Å². The lowest BCUT2D eigenvalue weighted by atomic mass is 10.0. The highest BCUT2D eigenvalue weighted by Gasteiger charge is 2.16. The number of hydrazine groups is 1. The second kappa shape index (κ2) is 7.93. The number of benzene rings is 1. The molecule has 2 amide bonds. The van der Waals surface area contributed by atoms with Crippen molar-refractivity contribution in [2.24, 2.45) is 5.92 Å². The molecule has 0 fully saturated rings. The van der Waals surface area contributed by atoms with Crippen molar-refractivity contribution < 1.29 is 19.5 Å². The van der Waals surface area contributed by atoms with Gasteiger partial charge < -0.3 is 5.11 Å². The first-order valence-electron chi connectivity index (χ1n) is 6.41. The van der Waals surface area contributed by atoms with Gasteiger partial charge in [0, 0.05) is 12.0 Å². The highest BCUT2D eigenvalue weighted by Crippen LogP contribution is 2.10. The van der Waals surface area contributed by atoms with Gasteiger partial charge in [-0.2, -0.15) is 0 Å². The zero-order valence-corrected chi connectivity index (χ0v) is 11.3. The molecule has 20 heavy (non-hydrogen) atoms. The normalized spacial score (nSPS) is 11.4. The van der Waals surface area contributed by atoms with Gasteiger partial charge in [0.05, 0.1) is 5.92 Å². The summed E-state index contributed by atoms with van der Waals surface area (Å²) in [5.74, 6) is -2.27. The summed E-state index contributed by atoms with van der Waals surface area (Å²) in [7, 11) is 0. The molecule has 108 valence electrons. The molecule has 1 rings (SSSR count). The van der Waals surface area contributed by atoms with Crippen LogP contribution in [0.5, 0.6) is 0 Å². The summed E-state index contributed by atoms with van der Waals surface area (Å²) in [6, 6.07) is 8.47. The fourth-order valence-electron chi connectivity index (χ4n) is 1.66. The molecule has 1 aromatic rings. The van der Waals surface area contributed by atoms with Gasteiger partial charge in [-0.15, -0.1) is 0 Å². The maximum atomic E-state index is 11.6. The minimum atomic E-state index is -0.909. The van der Waals surface area contributed by atoms with Gasteiger partial charge in [-0.1, -0.05) is 25.1 Å². The van der Waals surface area contributed by atoms with Crippen LogP contribution in [0.1, 0.15) is 36.5 Å². The molecule has 0 heterocycles. The van der Waals surface area contributed by atoms with Gasteiger partial charge in [0.25, 0.3) is 5.91 Å². The van der Waals surface area contributed by atoms with E-state index in [0.29, 0.717) is 12.0 Å². The minimum Gasteiger partial charge on any atom is -0.481 e. The summed E-state index contributed by atoms with van der Waals surface area (Å²) < 4.78 is 0. The van der Waals surface area contributed by atoms with Crippen LogP contribution in [0, 0.1) is 5.92 Å². The van der Waals surface area contributed by atoms with Crippen molar-refractivity contribution in [2.75, 3.05) is 0 Å². The Hall–Kier alpha value is -2.37. The molecule has 0 radical (unpaired) electrons. The van der Waals surface area contributed by atoms with Crippen LogP contribution in [0.25, 0.3) is 0 Å². The highest BCUT2D eigenvalue weighted by molar-refractivity contribution is 5.95. The molecule has 0 aliphatic carbocycles. The maximum Gasteiger partial charge on any atom is 0.306 e. The Balaban J connectivity index is 2.33. The Kier molecular flexibility index (Phi) is 6.22. The van der Waals surface area contributed by atoms with E-state index in [1.165, 1.54) is 0 Å². The van der Waals surface area contributed by atoms with E-state index in [2.05, 4.69) is 10.9 Å². The Morgan fingerprint density at radius 3 is 2.35 bits per heavy atom. The number of carboxylic acids is 1. The van der Waals surface area contributed by atoms with Crippen molar-refractivity contribution in [3.05, 3.63) is 35.9 Å². The zero-order chi connectivity index (χ0) is 15.0. The SMILES string of the molecule is CCC(CCC(=O)NNC(=O)c1ccccc1)C(=O)O. The molecule has 0 saturated heterocycles. The lowest BCUT2D eigenvalue weighted by Crippen LogP contribution is -2.41. The predicted molar refractivity (Wildman–Crippen MR) is 72.7 cm³/mol. The van der Waals surface area contributed by atoms with Crippen LogP contribution >= 0.6 is 0 Å². The number of hydrogen-bond acceptors (Lipinski definition) is 3. The Morgan fingerprint density at radius 2 is 1.80 bits per heavy atom. The smallest absolute Gasteiger partial charge is 0.306 e.